The summed E-state index contributed by atoms with van der Waals surface area (Å²) < 4.78 is 28.2. The summed E-state index contributed by atoms with van der Waals surface area (Å²) >= 11 is 17.6. The van der Waals surface area contributed by atoms with Crippen LogP contribution in [0.4, 0.5) is 0 Å². The molecule has 0 bridgehead atoms. The Morgan fingerprint density at radius 2 is 1.70 bits per heavy atom. The van der Waals surface area contributed by atoms with Gasteiger partial charge in [-0.2, -0.15) is 0 Å². The number of pyridine rings is 1. The minimum atomic E-state index is -4.00. The van der Waals surface area contributed by atoms with Gasteiger partial charge in [0.25, 0.3) is 9.05 Å². The molecular weight excluding hydrogens is 368 g/mol. The zero-order valence-electron chi connectivity index (χ0n) is 9.48. The van der Waals surface area contributed by atoms with Gasteiger partial charge in [0.05, 0.1) is 15.1 Å². The summed E-state index contributed by atoms with van der Waals surface area (Å²) in [6.45, 7) is 0. The lowest BCUT2D eigenvalue weighted by Gasteiger charge is -2.10. The van der Waals surface area contributed by atoms with Gasteiger partial charge in [0.15, 0.2) is 0 Å². The first-order valence-electron chi connectivity index (χ1n) is 5.01. The van der Waals surface area contributed by atoms with Gasteiger partial charge in [0.2, 0.25) is 5.88 Å². The van der Waals surface area contributed by atoms with Crippen LogP contribution in [0.1, 0.15) is 0 Å². The molecule has 0 aliphatic heterocycles. The predicted molar refractivity (Wildman–Crippen MR) is 78.8 cm³/mol. The average Bonchev–Trinajstić information content (AvgIpc) is 2.35. The van der Waals surface area contributed by atoms with E-state index in [2.05, 4.69) is 4.98 Å². The molecule has 0 atom stereocenters. The summed E-state index contributed by atoms with van der Waals surface area (Å²) in [5.41, 5.74) is 0. The molecule has 9 heteroatoms. The molecule has 0 fully saturated rings. The molecule has 0 N–H and O–H groups in total. The number of hydrogen-bond donors (Lipinski definition) is 0. The molecule has 1 aromatic heterocycles. The fourth-order valence-corrected chi connectivity index (χ4v) is 2.80. The molecule has 1 heterocycles. The van der Waals surface area contributed by atoms with Crippen molar-refractivity contribution in [3.8, 4) is 11.6 Å². The first kappa shape index (κ1) is 15.7. The van der Waals surface area contributed by atoms with Crippen LogP contribution in [0.2, 0.25) is 15.1 Å². The number of aromatic nitrogens is 1. The van der Waals surface area contributed by atoms with Crippen LogP contribution in [0, 0.1) is 0 Å². The zero-order valence-corrected chi connectivity index (χ0v) is 13.3. The van der Waals surface area contributed by atoms with E-state index in [1.165, 1.54) is 30.5 Å². The maximum absolute atomic E-state index is 11.4. The Labute approximate surface area is 134 Å². The molecule has 0 saturated carbocycles. The van der Waals surface area contributed by atoms with E-state index in [9.17, 15) is 8.42 Å². The second kappa shape index (κ2) is 5.95. The maximum Gasteiger partial charge on any atom is 0.266 e. The van der Waals surface area contributed by atoms with Crippen molar-refractivity contribution in [1.82, 2.24) is 4.98 Å². The fraction of sp³-hybridized carbons (Fsp3) is 0. The third kappa shape index (κ3) is 3.48. The largest absolute Gasteiger partial charge is 0.436 e. The van der Waals surface area contributed by atoms with Crippen LogP contribution in [0.3, 0.4) is 0 Å². The van der Waals surface area contributed by atoms with E-state index in [4.69, 9.17) is 50.2 Å². The number of benzene rings is 1. The standard InChI is InChI=1S/C11H5Cl4NO3S/c12-6-4-8(14)9(5-7(6)13)19-11-10(20(15,17)18)2-1-3-16-11/h1-5H. The minimum Gasteiger partial charge on any atom is -0.436 e. The van der Waals surface area contributed by atoms with Gasteiger partial charge in [-0.15, -0.1) is 0 Å². The Kier molecular flexibility index (Phi) is 4.66. The summed E-state index contributed by atoms with van der Waals surface area (Å²) in [4.78, 5) is 3.54. The predicted octanol–water partition coefficient (Wildman–Crippen LogP) is 4.76. The Morgan fingerprint density at radius 1 is 1.05 bits per heavy atom. The lowest BCUT2D eigenvalue weighted by molar-refractivity contribution is 0.448. The van der Waals surface area contributed by atoms with Crippen LogP contribution >= 0.6 is 45.5 Å². The molecular formula is C11H5Cl4NO3S. The second-order valence-electron chi connectivity index (χ2n) is 3.54. The Morgan fingerprint density at radius 3 is 2.35 bits per heavy atom. The Bertz CT molecular complexity index is 764. The van der Waals surface area contributed by atoms with Crippen molar-refractivity contribution in [3.05, 3.63) is 45.5 Å². The van der Waals surface area contributed by atoms with E-state index in [0.717, 1.165) is 0 Å². The van der Waals surface area contributed by atoms with Crippen LogP contribution in [0.15, 0.2) is 35.4 Å². The van der Waals surface area contributed by atoms with Gasteiger partial charge in [-0.1, -0.05) is 34.8 Å². The number of hydrogen-bond acceptors (Lipinski definition) is 4. The summed E-state index contributed by atoms with van der Waals surface area (Å²) in [6.07, 6.45) is 1.35. The topological polar surface area (TPSA) is 56.3 Å². The molecule has 4 nitrogen and oxygen atoms in total. The van der Waals surface area contributed by atoms with Gasteiger partial charge >= 0.3 is 0 Å². The average molecular weight is 373 g/mol. The van der Waals surface area contributed by atoms with E-state index in [1.54, 1.807) is 0 Å². The summed E-state index contributed by atoms with van der Waals surface area (Å²) in [5.74, 6) is -0.0934. The molecule has 2 rings (SSSR count). The monoisotopic (exact) mass is 371 g/mol. The smallest absolute Gasteiger partial charge is 0.266 e. The molecule has 106 valence electrons. The first-order valence-corrected chi connectivity index (χ1v) is 8.45. The van der Waals surface area contributed by atoms with Crippen molar-refractivity contribution in [1.29, 1.82) is 0 Å². The van der Waals surface area contributed by atoms with Crippen LogP contribution in [0.5, 0.6) is 11.6 Å². The molecule has 20 heavy (non-hydrogen) atoms. The number of ether oxygens (including phenoxy) is 1. The van der Waals surface area contributed by atoms with Gasteiger partial charge in [-0.05, 0) is 18.2 Å². The van der Waals surface area contributed by atoms with Crippen molar-refractivity contribution in [2.45, 2.75) is 4.90 Å². The van der Waals surface area contributed by atoms with Gasteiger partial charge in [0, 0.05) is 22.9 Å². The number of nitrogens with zero attached hydrogens (tertiary/aromatic N) is 1. The summed E-state index contributed by atoms with van der Waals surface area (Å²) in [7, 11) is 1.30. The third-order valence-corrected chi connectivity index (χ3v) is 4.53. The third-order valence-electron chi connectivity index (χ3n) is 2.18. The molecule has 0 saturated heterocycles. The van der Waals surface area contributed by atoms with Crippen molar-refractivity contribution < 1.29 is 13.2 Å². The molecule has 2 aromatic rings. The fourth-order valence-electron chi connectivity index (χ4n) is 1.32. The van der Waals surface area contributed by atoms with Crippen molar-refractivity contribution >= 4 is 54.5 Å². The van der Waals surface area contributed by atoms with E-state index in [1.807, 2.05) is 0 Å². The van der Waals surface area contributed by atoms with Crippen LogP contribution in [-0.4, -0.2) is 13.4 Å². The molecule has 0 spiro atoms. The van der Waals surface area contributed by atoms with Crippen LogP contribution in [-0.2, 0) is 9.05 Å². The van der Waals surface area contributed by atoms with Crippen molar-refractivity contribution in [3.63, 3.8) is 0 Å². The Hall–Kier alpha value is -0.720. The van der Waals surface area contributed by atoms with E-state index < -0.39 is 9.05 Å². The van der Waals surface area contributed by atoms with Gasteiger partial charge in [-0.3, -0.25) is 0 Å². The van der Waals surface area contributed by atoms with Crippen LogP contribution < -0.4 is 4.74 Å². The quantitative estimate of drug-likeness (QED) is 0.575. The highest BCUT2D eigenvalue weighted by Crippen LogP contribution is 2.37. The molecule has 0 amide bonds. The maximum atomic E-state index is 11.4. The van der Waals surface area contributed by atoms with E-state index >= 15 is 0 Å². The van der Waals surface area contributed by atoms with Crippen LogP contribution in [0.25, 0.3) is 0 Å². The van der Waals surface area contributed by atoms with Gasteiger partial charge in [0.1, 0.15) is 10.6 Å². The van der Waals surface area contributed by atoms with Gasteiger partial charge < -0.3 is 4.74 Å². The molecule has 0 aliphatic rings. The van der Waals surface area contributed by atoms with Gasteiger partial charge in [-0.25, -0.2) is 13.4 Å². The first-order chi connectivity index (χ1) is 9.29. The Balaban J connectivity index is 2.49. The lowest BCUT2D eigenvalue weighted by atomic mass is 10.3. The highest BCUT2D eigenvalue weighted by Gasteiger charge is 2.19. The molecule has 0 unspecified atom stereocenters. The second-order valence-corrected chi connectivity index (χ2v) is 7.30. The van der Waals surface area contributed by atoms with Crippen molar-refractivity contribution in [2.24, 2.45) is 0 Å². The van der Waals surface area contributed by atoms with E-state index in [-0.39, 0.29) is 31.6 Å². The highest BCUT2D eigenvalue weighted by molar-refractivity contribution is 8.13. The van der Waals surface area contributed by atoms with Crippen molar-refractivity contribution in [2.75, 3.05) is 0 Å². The molecule has 0 aliphatic carbocycles. The minimum absolute atomic E-state index is 0.112. The number of halogens is 4. The normalized spacial score (nSPS) is 11.4. The SMILES string of the molecule is O=S(=O)(Cl)c1cccnc1Oc1cc(Cl)c(Cl)cc1Cl. The molecule has 1 aromatic carbocycles. The lowest BCUT2D eigenvalue weighted by Crippen LogP contribution is -1.98. The summed E-state index contributed by atoms with van der Waals surface area (Å²) in [5, 5.41) is 0.607. The number of rotatable bonds is 3. The summed E-state index contributed by atoms with van der Waals surface area (Å²) in [6, 6.07) is 5.40. The zero-order chi connectivity index (χ0) is 14.9. The van der Waals surface area contributed by atoms with E-state index in [0.29, 0.717) is 0 Å². The molecule has 0 radical (unpaired) electrons. The highest BCUT2D eigenvalue weighted by atomic mass is 35.7.